The van der Waals surface area contributed by atoms with Crippen LogP contribution in [0.1, 0.15) is 34.6 Å². The fourth-order valence-electron chi connectivity index (χ4n) is 3.74. The maximum Gasteiger partial charge on any atom is 0.407 e. The zero-order chi connectivity index (χ0) is 20.9. The molecule has 0 spiro atoms. The number of rotatable bonds is 4. The summed E-state index contributed by atoms with van der Waals surface area (Å²) in [5.41, 5.74) is 12.3. The fraction of sp³-hybridized carbons (Fsp3) is 0.200. The summed E-state index contributed by atoms with van der Waals surface area (Å²) in [7, 11) is 0. The van der Waals surface area contributed by atoms with Gasteiger partial charge in [0.15, 0.2) is 0 Å². The van der Waals surface area contributed by atoms with Crippen molar-refractivity contribution in [2.75, 3.05) is 18.9 Å². The molecular formula is C25H23N3O2. The summed E-state index contributed by atoms with van der Waals surface area (Å²) in [4.78, 5) is 16.2. The van der Waals surface area contributed by atoms with Crippen molar-refractivity contribution >= 4 is 11.9 Å². The van der Waals surface area contributed by atoms with Gasteiger partial charge in [0.2, 0.25) is 0 Å². The molecule has 1 amide bonds. The lowest BCUT2D eigenvalue weighted by Crippen LogP contribution is -2.26. The zero-order valence-corrected chi connectivity index (χ0v) is 16.8. The van der Waals surface area contributed by atoms with Crippen molar-refractivity contribution < 1.29 is 9.53 Å². The minimum absolute atomic E-state index is 0.0592. The Hall–Kier alpha value is -3.78. The highest BCUT2D eigenvalue weighted by atomic mass is 16.5. The van der Waals surface area contributed by atoms with Crippen LogP contribution in [0.5, 0.6) is 0 Å². The number of carbonyl (C=O) groups excluding carboxylic acids is 1. The molecule has 3 N–H and O–H groups in total. The number of carbonyl (C=O) groups is 1. The molecule has 1 heterocycles. The molecule has 4 rings (SSSR count). The number of nitrogen functional groups attached to an aromatic ring is 1. The Labute approximate surface area is 176 Å². The van der Waals surface area contributed by atoms with E-state index in [0.29, 0.717) is 25.4 Å². The first-order chi connectivity index (χ1) is 14.6. The van der Waals surface area contributed by atoms with Crippen molar-refractivity contribution in [3.63, 3.8) is 0 Å². The van der Waals surface area contributed by atoms with Gasteiger partial charge in [0, 0.05) is 30.6 Å². The summed E-state index contributed by atoms with van der Waals surface area (Å²) < 4.78 is 5.51. The highest BCUT2D eigenvalue weighted by Gasteiger charge is 2.28. The van der Waals surface area contributed by atoms with Crippen LogP contribution in [0.2, 0.25) is 0 Å². The minimum Gasteiger partial charge on any atom is -0.449 e. The van der Waals surface area contributed by atoms with Gasteiger partial charge in [-0.15, -0.1) is 0 Å². The number of nitrogens with two attached hydrogens (primary N) is 1. The van der Waals surface area contributed by atoms with Crippen LogP contribution in [-0.2, 0) is 4.74 Å². The number of pyridine rings is 1. The molecule has 30 heavy (non-hydrogen) atoms. The first kappa shape index (κ1) is 19.5. The SMILES string of the molecule is Cc1cc(N)ncc1C#CCCNC(=O)OCC1c2ccccc2-c2ccccc21. The van der Waals surface area contributed by atoms with Crippen molar-refractivity contribution in [2.24, 2.45) is 0 Å². The summed E-state index contributed by atoms with van der Waals surface area (Å²) in [6.45, 7) is 2.67. The summed E-state index contributed by atoms with van der Waals surface area (Å²) in [6, 6.07) is 18.3. The summed E-state index contributed by atoms with van der Waals surface area (Å²) in [5, 5.41) is 2.77. The van der Waals surface area contributed by atoms with Crippen molar-refractivity contribution in [3.8, 4) is 23.0 Å². The zero-order valence-electron chi connectivity index (χ0n) is 16.8. The van der Waals surface area contributed by atoms with Gasteiger partial charge in [0.25, 0.3) is 0 Å². The van der Waals surface area contributed by atoms with E-state index < -0.39 is 6.09 Å². The smallest absolute Gasteiger partial charge is 0.407 e. The maximum atomic E-state index is 12.1. The third kappa shape index (κ3) is 4.13. The minimum atomic E-state index is -0.427. The molecule has 2 aromatic carbocycles. The Morgan fingerprint density at radius 1 is 1.13 bits per heavy atom. The molecule has 0 atom stereocenters. The van der Waals surface area contributed by atoms with E-state index in [-0.39, 0.29) is 5.92 Å². The molecule has 0 radical (unpaired) electrons. The van der Waals surface area contributed by atoms with Gasteiger partial charge in [-0.05, 0) is 40.8 Å². The average Bonchev–Trinajstić information content (AvgIpc) is 3.07. The van der Waals surface area contributed by atoms with Gasteiger partial charge >= 0.3 is 6.09 Å². The average molecular weight is 397 g/mol. The standard InChI is InChI=1S/C25H23N3O2/c1-17-14-24(26)28-15-18(17)8-6-7-13-27-25(29)30-16-23-21-11-4-2-9-19(21)20-10-3-5-12-22(20)23/h2-5,9-12,14-15,23H,7,13,16H2,1H3,(H2,26,28)(H,27,29). The number of anilines is 1. The van der Waals surface area contributed by atoms with Crippen LogP contribution in [0.25, 0.3) is 11.1 Å². The van der Waals surface area contributed by atoms with Gasteiger partial charge < -0.3 is 15.8 Å². The number of nitrogens with zero attached hydrogens (tertiary/aromatic N) is 1. The normalized spacial score (nSPS) is 11.8. The highest BCUT2D eigenvalue weighted by Crippen LogP contribution is 2.44. The van der Waals surface area contributed by atoms with Crippen LogP contribution in [0.3, 0.4) is 0 Å². The molecule has 0 saturated heterocycles. The molecule has 1 aliphatic rings. The number of alkyl carbamates (subject to hydrolysis) is 1. The maximum absolute atomic E-state index is 12.1. The van der Waals surface area contributed by atoms with Crippen molar-refractivity contribution in [1.82, 2.24) is 10.3 Å². The molecular weight excluding hydrogens is 374 g/mol. The predicted molar refractivity (Wildman–Crippen MR) is 118 cm³/mol. The molecule has 5 heteroatoms. The number of amides is 1. The van der Waals surface area contributed by atoms with Crippen LogP contribution in [-0.4, -0.2) is 24.2 Å². The number of hydrogen-bond acceptors (Lipinski definition) is 4. The van der Waals surface area contributed by atoms with Gasteiger partial charge in [-0.25, -0.2) is 9.78 Å². The van der Waals surface area contributed by atoms with E-state index in [1.165, 1.54) is 22.3 Å². The second kappa shape index (κ2) is 8.71. The molecule has 150 valence electrons. The Morgan fingerprint density at radius 3 is 2.47 bits per heavy atom. The fourth-order valence-corrected chi connectivity index (χ4v) is 3.74. The molecule has 3 aromatic rings. The molecule has 0 bridgehead atoms. The van der Waals surface area contributed by atoms with E-state index in [2.05, 4.69) is 46.4 Å². The van der Waals surface area contributed by atoms with Crippen LogP contribution in [0.4, 0.5) is 10.6 Å². The third-order valence-corrected chi connectivity index (χ3v) is 5.22. The first-order valence-corrected chi connectivity index (χ1v) is 9.93. The number of nitrogens with one attached hydrogen (secondary N) is 1. The van der Waals surface area contributed by atoms with E-state index in [9.17, 15) is 4.79 Å². The third-order valence-electron chi connectivity index (χ3n) is 5.22. The Morgan fingerprint density at radius 2 is 1.80 bits per heavy atom. The predicted octanol–water partition coefficient (Wildman–Crippen LogP) is 4.25. The van der Waals surface area contributed by atoms with Crippen LogP contribution < -0.4 is 11.1 Å². The Balaban J connectivity index is 1.29. The molecule has 1 aromatic heterocycles. The number of ether oxygens (including phenoxy) is 1. The van der Waals surface area contributed by atoms with Gasteiger partial charge in [-0.2, -0.15) is 0 Å². The Kier molecular flexibility index (Phi) is 5.67. The summed E-state index contributed by atoms with van der Waals surface area (Å²) in [5.74, 6) is 6.63. The van der Waals surface area contributed by atoms with Crippen molar-refractivity contribution in [1.29, 1.82) is 0 Å². The van der Waals surface area contributed by atoms with E-state index in [4.69, 9.17) is 10.5 Å². The second-order valence-corrected chi connectivity index (χ2v) is 7.23. The lowest BCUT2D eigenvalue weighted by molar-refractivity contribution is 0.143. The van der Waals surface area contributed by atoms with E-state index in [1.54, 1.807) is 12.3 Å². The van der Waals surface area contributed by atoms with Crippen LogP contribution >= 0.6 is 0 Å². The molecule has 0 aliphatic heterocycles. The van der Waals surface area contributed by atoms with Gasteiger partial charge in [0.1, 0.15) is 12.4 Å². The topological polar surface area (TPSA) is 77.2 Å². The van der Waals surface area contributed by atoms with E-state index >= 15 is 0 Å². The van der Waals surface area contributed by atoms with Crippen molar-refractivity contribution in [2.45, 2.75) is 19.3 Å². The summed E-state index contributed by atoms with van der Waals surface area (Å²) in [6.07, 6.45) is 1.76. The lowest BCUT2D eigenvalue weighted by atomic mass is 9.98. The highest BCUT2D eigenvalue weighted by molar-refractivity contribution is 5.79. The van der Waals surface area contributed by atoms with Gasteiger partial charge in [-0.3, -0.25) is 0 Å². The number of aromatic nitrogens is 1. The van der Waals surface area contributed by atoms with E-state index in [1.807, 2.05) is 31.2 Å². The first-order valence-electron chi connectivity index (χ1n) is 9.93. The molecule has 0 unspecified atom stereocenters. The largest absolute Gasteiger partial charge is 0.449 e. The molecule has 5 nitrogen and oxygen atoms in total. The van der Waals surface area contributed by atoms with Gasteiger partial charge in [0.05, 0.1) is 0 Å². The Bertz CT molecular complexity index is 1100. The quantitative estimate of drug-likeness (QED) is 0.510. The number of aryl methyl sites for hydroxylation is 1. The molecule has 0 fully saturated rings. The second-order valence-electron chi connectivity index (χ2n) is 7.23. The monoisotopic (exact) mass is 397 g/mol. The number of benzene rings is 2. The lowest BCUT2D eigenvalue weighted by Gasteiger charge is -2.14. The molecule has 0 saturated carbocycles. The number of fused-ring (bicyclic) bond motifs is 3. The molecule has 1 aliphatic carbocycles. The van der Waals surface area contributed by atoms with E-state index in [0.717, 1.165) is 11.1 Å². The van der Waals surface area contributed by atoms with Crippen LogP contribution in [0.15, 0.2) is 60.8 Å². The number of hydrogen-bond donors (Lipinski definition) is 2. The van der Waals surface area contributed by atoms with Crippen molar-refractivity contribution in [3.05, 3.63) is 83.0 Å². The van der Waals surface area contributed by atoms with Gasteiger partial charge in [-0.1, -0.05) is 60.4 Å². The van der Waals surface area contributed by atoms with Crippen LogP contribution in [0, 0.1) is 18.8 Å². The summed E-state index contributed by atoms with van der Waals surface area (Å²) >= 11 is 0.